The third-order valence-corrected chi connectivity index (χ3v) is 8.29. The number of nitrogens with one attached hydrogen (secondary N) is 3. The molecule has 0 aromatic heterocycles. The molecule has 242 valence electrons. The second-order valence-electron chi connectivity index (χ2n) is 11.6. The van der Waals surface area contributed by atoms with Crippen LogP contribution in [0.3, 0.4) is 0 Å². The van der Waals surface area contributed by atoms with Crippen molar-refractivity contribution < 1.29 is 33.4 Å². The highest BCUT2D eigenvalue weighted by Crippen LogP contribution is 2.38. The van der Waals surface area contributed by atoms with Gasteiger partial charge in [0.15, 0.2) is 0 Å². The first-order valence-electron chi connectivity index (χ1n) is 15.5. The lowest BCUT2D eigenvalue weighted by atomic mass is 10.0. The number of carbonyl (C=O) groups excluding carboxylic acids is 4. The Labute approximate surface area is 268 Å². The lowest BCUT2D eigenvalue weighted by Gasteiger charge is -2.32. The number of benzene rings is 3. The van der Waals surface area contributed by atoms with Crippen molar-refractivity contribution in [3.63, 3.8) is 0 Å². The molecule has 2 atom stereocenters. The standard InChI is InChI=1S/C35H40N4O7/c1-39-25(22-24-8-4-3-5-9-24)23-46-30-11-7-6-10-28(30)32(41)37-29(16-17-31(40)38-35(18-19-35)34(39)43)33(42)36-20-21-45-27-14-12-26(44-2)13-15-27/h3-15,25,29H,16-23H2,1-2H3,(H,36,42)(H,37,41)(H,38,40)/t25-,29-/m0/s1. The van der Waals surface area contributed by atoms with Crippen molar-refractivity contribution in [1.29, 1.82) is 0 Å². The van der Waals surface area contributed by atoms with Gasteiger partial charge in [-0.05, 0) is 67.6 Å². The quantitative estimate of drug-likeness (QED) is 0.327. The maximum atomic E-state index is 13.8. The second-order valence-corrected chi connectivity index (χ2v) is 11.6. The van der Waals surface area contributed by atoms with Crippen molar-refractivity contribution in [2.45, 2.75) is 49.7 Å². The summed E-state index contributed by atoms with van der Waals surface area (Å²) in [5, 5.41) is 8.51. The fourth-order valence-corrected chi connectivity index (χ4v) is 5.43. The summed E-state index contributed by atoms with van der Waals surface area (Å²) in [6.45, 7) is 0.484. The number of fused-ring (bicyclic) bond motifs is 1. The molecule has 11 nitrogen and oxygen atoms in total. The molecule has 5 rings (SSSR count). The smallest absolute Gasteiger partial charge is 0.255 e. The van der Waals surface area contributed by atoms with Gasteiger partial charge in [0.2, 0.25) is 17.7 Å². The van der Waals surface area contributed by atoms with E-state index in [1.807, 2.05) is 30.3 Å². The summed E-state index contributed by atoms with van der Waals surface area (Å²) in [6.07, 6.45) is 1.54. The minimum Gasteiger partial charge on any atom is -0.497 e. The van der Waals surface area contributed by atoms with Gasteiger partial charge in [-0.25, -0.2) is 0 Å². The molecule has 3 aromatic carbocycles. The van der Waals surface area contributed by atoms with E-state index in [9.17, 15) is 19.2 Å². The lowest BCUT2D eigenvalue weighted by molar-refractivity contribution is -0.139. The monoisotopic (exact) mass is 628 g/mol. The van der Waals surface area contributed by atoms with E-state index < -0.39 is 23.4 Å². The Hall–Kier alpha value is -5.06. The Morgan fingerprint density at radius 3 is 2.39 bits per heavy atom. The summed E-state index contributed by atoms with van der Waals surface area (Å²) >= 11 is 0. The summed E-state index contributed by atoms with van der Waals surface area (Å²) in [5.41, 5.74) is 0.281. The third kappa shape index (κ3) is 8.15. The highest BCUT2D eigenvalue weighted by atomic mass is 16.5. The largest absolute Gasteiger partial charge is 0.497 e. The van der Waals surface area contributed by atoms with Gasteiger partial charge in [-0.3, -0.25) is 19.2 Å². The van der Waals surface area contributed by atoms with E-state index in [0.717, 1.165) is 5.56 Å². The third-order valence-electron chi connectivity index (χ3n) is 8.29. The van der Waals surface area contributed by atoms with Crippen LogP contribution in [-0.2, 0) is 20.8 Å². The van der Waals surface area contributed by atoms with Crippen LogP contribution in [0.1, 0.15) is 41.6 Å². The Kier molecular flexibility index (Phi) is 10.4. The second kappa shape index (κ2) is 14.8. The van der Waals surface area contributed by atoms with Crippen LogP contribution >= 0.6 is 0 Å². The Morgan fingerprint density at radius 2 is 1.67 bits per heavy atom. The summed E-state index contributed by atoms with van der Waals surface area (Å²) in [5.74, 6) is 0.134. The number of ether oxygens (including phenoxy) is 3. The molecule has 1 spiro atoms. The van der Waals surface area contributed by atoms with Crippen molar-refractivity contribution in [1.82, 2.24) is 20.9 Å². The molecule has 0 radical (unpaired) electrons. The summed E-state index contributed by atoms with van der Waals surface area (Å²) in [7, 11) is 3.30. The zero-order valence-electron chi connectivity index (χ0n) is 26.1. The number of rotatable bonds is 8. The topological polar surface area (TPSA) is 135 Å². The molecule has 0 unspecified atom stereocenters. The van der Waals surface area contributed by atoms with Gasteiger partial charge < -0.3 is 35.1 Å². The summed E-state index contributed by atoms with van der Waals surface area (Å²) in [6, 6.07) is 22.2. The van der Waals surface area contributed by atoms with Gasteiger partial charge >= 0.3 is 0 Å². The van der Waals surface area contributed by atoms with E-state index >= 15 is 0 Å². The lowest BCUT2D eigenvalue weighted by Crippen LogP contribution is -2.54. The van der Waals surface area contributed by atoms with E-state index in [0.29, 0.717) is 36.5 Å². The van der Waals surface area contributed by atoms with Crippen LogP contribution in [0.2, 0.25) is 0 Å². The Morgan fingerprint density at radius 1 is 0.978 bits per heavy atom. The Bertz CT molecular complexity index is 1530. The van der Waals surface area contributed by atoms with Crippen molar-refractivity contribution in [2.24, 2.45) is 0 Å². The first-order chi connectivity index (χ1) is 22.3. The van der Waals surface area contributed by atoms with Gasteiger partial charge in [-0.15, -0.1) is 0 Å². The average Bonchev–Trinajstić information content (AvgIpc) is 3.86. The predicted octanol–water partition coefficient (Wildman–Crippen LogP) is 2.88. The van der Waals surface area contributed by atoms with Gasteiger partial charge in [0.25, 0.3) is 5.91 Å². The number of hydrogen-bond donors (Lipinski definition) is 3. The normalized spacial score (nSPS) is 19.8. The number of hydrogen-bond acceptors (Lipinski definition) is 7. The van der Waals surface area contributed by atoms with E-state index in [2.05, 4.69) is 16.0 Å². The number of para-hydroxylation sites is 1. The molecule has 1 aliphatic carbocycles. The van der Waals surface area contributed by atoms with Crippen LogP contribution in [0.5, 0.6) is 17.2 Å². The van der Waals surface area contributed by atoms with Crippen LogP contribution in [0.25, 0.3) is 0 Å². The zero-order valence-corrected chi connectivity index (χ0v) is 26.1. The van der Waals surface area contributed by atoms with Crippen molar-refractivity contribution in [3.8, 4) is 17.2 Å². The zero-order chi connectivity index (χ0) is 32.5. The van der Waals surface area contributed by atoms with Gasteiger partial charge in [-0.2, -0.15) is 0 Å². The molecule has 46 heavy (non-hydrogen) atoms. The maximum absolute atomic E-state index is 13.8. The maximum Gasteiger partial charge on any atom is 0.255 e. The van der Waals surface area contributed by atoms with Gasteiger partial charge in [-0.1, -0.05) is 42.5 Å². The first-order valence-corrected chi connectivity index (χ1v) is 15.5. The molecule has 0 bridgehead atoms. The van der Waals surface area contributed by atoms with Gasteiger partial charge in [0.1, 0.15) is 42.0 Å². The number of likely N-dealkylation sites (N-methyl/N-ethyl adjacent to an activating group) is 1. The molecular weight excluding hydrogens is 588 g/mol. The van der Waals surface area contributed by atoms with Crippen LogP contribution in [0, 0.1) is 0 Å². The van der Waals surface area contributed by atoms with Crippen LogP contribution in [-0.4, -0.2) is 80.1 Å². The Balaban J connectivity index is 1.32. The van der Waals surface area contributed by atoms with Crippen LogP contribution in [0.4, 0.5) is 0 Å². The number of nitrogens with zero attached hydrogens (tertiary/aromatic N) is 1. The van der Waals surface area contributed by atoms with Crippen molar-refractivity contribution in [2.75, 3.05) is 33.9 Å². The number of amides is 4. The molecular formula is C35H40N4O7. The molecule has 1 aliphatic heterocycles. The molecule has 0 saturated heterocycles. The van der Waals surface area contributed by atoms with Crippen LogP contribution in [0.15, 0.2) is 78.9 Å². The molecule has 1 heterocycles. The molecule has 3 aromatic rings. The summed E-state index contributed by atoms with van der Waals surface area (Å²) < 4.78 is 17.1. The van der Waals surface area contributed by atoms with Gasteiger partial charge in [0, 0.05) is 13.5 Å². The molecule has 11 heteroatoms. The van der Waals surface area contributed by atoms with E-state index in [1.54, 1.807) is 67.6 Å². The number of methoxy groups -OCH3 is 1. The molecule has 4 amide bonds. The highest BCUT2D eigenvalue weighted by Gasteiger charge is 2.53. The average molecular weight is 629 g/mol. The van der Waals surface area contributed by atoms with Crippen molar-refractivity contribution in [3.05, 3.63) is 90.0 Å². The van der Waals surface area contributed by atoms with Crippen LogP contribution < -0.4 is 30.2 Å². The van der Waals surface area contributed by atoms with Gasteiger partial charge in [0.05, 0.1) is 25.3 Å². The molecule has 3 N–H and O–H groups in total. The minimum absolute atomic E-state index is 0.0303. The predicted molar refractivity (Wildman–Crippen MR) is 171 cm³/mol. The van der Waals surface area contributed by atoms with E-state index in [1.165, 1.54) is 0 Å². The summed E-state index contributed by atoms with van der Waals surface area (Å²) in [4.78, 5) is 55.4. The number of carbonyl (C=O) groups is 4. The fourth-order valence-electron chi connectivity index (χ4n) is 5.43. The SMILES string of the molecule is COc1ccc(OCCNC(=O)[C@@H]2CCC(=O)NC3(CC3)C(=O)N(C)[C@@H](Cc3ccccc3)COc3ccccc3C(=O)N2)cc1. The molecule has 1 fully saturated rings. The molecule has 1 saturated carbocycles. The first kappa shape index (κ1) is 32.3. The highest BCUT2D eigenvalue weighted by molar-refractivity contribution is 6.00. The fraction of sp³-hybridized carbons (Fsp3) is 0.371. The molecule has 2 aliphatic rings. The minimum atomic E-state index is -1.02. The van der Waals surface area contributed by atoms with E-state index in [-0.39, 0.29) is 56.0 Å². The van der Waals surface area contributed by atoms with E-state index in [4.69, 9.17) is 14.2 Å². The van der Waals surface area contributed by atoms with Crippen molar-refractivity contribution >= 4 is 23.6 Å².